The van der Waals surface area contributed by atoms with Gasteiger partial charge < -0.3 is 4.57 Å². The molecule has 11 rings (SSSR count). The van der Waals surface area contributed by atoms with Gasteiger partial charge in [-0.3, -0.25) is 0 Å². The summed E-state index contributed by atoms with van der Waals surface area (Å²) in [6.07, 6.45) is -9.24. The van der Waals surface area contributed by atoms with Crippen LogP contribution in [0.4, 0.5) is 32.0 Å². The second-order valence-corrected chi connectivity index (χ2v) is 18.2. The van der Waals surface area contributed by atoms with Gasteiger partial charge in [0.25, 0.3) is 0 Å². The van der Waals surface area contributed by atoms with Gasteiger partial charge >= 0.3 is 12.4 Å². The zero-order chi connectivity index (χ0) is 52.2. The maximum atomic E-state index is 14.9. The van der Waals surface area contributed by atoms with E-state index in [1.54, 1.807) is 74.5 Å². The topological polar surface area (TPSA) is 71.8 Å². The molecule has 0 unspecified atom stereocenters. The third-order valence-electron chi connectivity index (χ3n) is 13.3. The molecular weight excluding hydrogens is 955 g/mol. The van der Waals surface area contributed by atoms with Gasteiger partial charge in [-0.2, -0.15) is 31.6 Å². The average molecular weight is 993 g/mol. The van der Waals surface area contributed by atoms with Gasteiger partial charge in [-0.1, -0.05) is 127 Å². The Balaban J connectivity index is 1.27. The highest BCUT2D eigenvalue weighted by Crippen LogP contribution is 2.47. The minimum Gasteiger partial charge on any atom is -0.308 e. The summed E-state index contributed by atoms with van der Waals surface area (Å²) in [5, 5.41) is 11.5. The van der Waals surface area contributed by atoms with Gasteiger partial charge in [-0.15, -0.1) is 0 Å². The third kappa shape index (κ3) is 9.04. The van der Waals surface area contributed by atoms with E-state index in [4.69, 9.17) is 21.5 Å². The molecule has 6 nitrogen and oxygen atoms in total. The van der Waals surface area contributed by atoms with Gasteiger partial charge in [0.15, 0.2) is 23.2 Å². The Kier molecular flexibility index (Phi) is 11.9. The lowest BCUT2D eigenvalue weighted by Gasteiger charge is -2.21. The van der Waals surface area contributed by atoms with E-state index in [1.807, 2.05) is 108 Å². The molecule has 0 aliphatic rings. The first-order chi connectivity index (χ1) is 36.1. The molecule has 12 heteroatoms. The van der Waals surface area contributed by atoms with Crippen molar-refractivity contribution < 1.29 is 26.3 Å². The van der Waals surface area contributed by atoms with E-state index in [1.165, 1.54) is 12.1 Å². The summed E-state index contributed by atoms with van der Waals surface area (Å²) in [5.74, 6) is 1.18. The fourth-order valence-corrected chi connectivity index (χ4v) is 9.79. The molecule has 2 heterocycles. The molecule has 0 radical (unpaired) electrons. The minimum absolute atomic E-state index is 0.0252. The van der Waals surface area contributed by atoms with Crippen molar-refractivity contribution in [3.8, 4) is 90.4 Å². The summed E-state index contributed by atoms with van der Waals surface area (Å²) in [4.78, 5) is 18.9. The highest BCUT2D eigenvalue weighted by molar-refractivity contribution is 6.13. The van der Waals surface area contributed by atoms with E-state index >= 15 is 0 Å². The molecule has 0 saturated carbocycles. The van der Waals surface area contributed by atoms with E-state index in [-0.39, 0.29) is 5.56 Å². The molecule has 0 N–H and O–H groups in total. The lowest BCUT2D eigenvalue weighted by Crippen LogP contribution is -2.07. The van der Waals surface area contributed by atoms with Gasteiger partial charge in [0.1, 0.15) is 0 Å². The highest BCUT2D eigenvalue weighted by atomic mass is 19.4. The van der Waals surface area contributed by atoms with Crippen LogP contribution in [0.1, 0.15) is 27.8 Å². The van der Waals surface area contributed by atoms with Crippen molar-refractivity contribution >= 4 is 27.5 Å². The molecular formula is C63H38F6N6. The van der Waals surface area contributed by atoms with Crippen LogP contribution in [0.3, 0.4) is 0 Å². The van der Waals surface area contributed by atoms with Crippen LogP contribution >= 0.6 is 0 Å². The molecule has 2 aromatic heterocycles. The Labute approximate surface area is 427 Å². The molecule has 362 valence electrons. The number of hydrogen-bond acceptors (Lipinski definition) is 4. The molecule has 0 aliphatic carbocycles. The summed E-state index contributed by atoms with van der Waals surface area (Å²) < 4.78 is 88.4. The highest BCUT2D eigenvalue weighted by Gasteiger charge is 2.34. The van der Waals surface area contributed by atoms with Gasteiger partial charge in [0, 0.05) is 38.6 Å². The van der Waals surface area contributed by atoms with Crippen LogP contribution in [0.25, 0.3) is 111 Å². The number of benzene rings is 9. The van der Waals surface area contributed by atoms with Gasteiger partial charge in [-0.25, -0.2) is 19.8 Å². The first kappa shape index (κ1) is 47.7. The molecule has 0 amide bonds. The largest absolute Gasteiger partial charge is 0.417 e. The SMILES string of the molecule is [C-]#[N+]c1cccc(-c2cc(-c3nc(-c4ccccc4)nc(-c4ccccc4)n3)cc(-c3cccc(C#N)c3)c2-n2c3ccc(-c4ccc(C(F)(F)F)cc4C)cc3c3cc(-c4ccc(C)cc4C(F)(F)F)ccc32)c1. The second-order valence-electron chi connectivity index (χ2n) is 18.2. The summed E-state index contributed by atoms with van der Waals surface area (Å²) >= 11 is 0. The molecule has 0 saturated heterocycles. The van der Waals surface area contributed by atoms with Crippen LogP contribution in [0.5, 0.6) is 0 Å². The number of nitriles is 1. The number of alkyl halides is 6. The number of fused-ring (bicyclic) bond motifs is 3. The van der Waals surface area contributed by atoms with Crippen molar-refractivity contribution in [1.82, 2.24) is 19.5 Å². The Hall–Kier alpha value is -9.65. The van der Waals surface area contributed by atoms with Gasteiger partial charge in [-0.05, 0) is 126 Å². The molecule has 0 spiro atoms. The summed E-state index contributed by atoms with van der Waals surface area (Å²) in [6, 6.07) is 58.0. The monoisotopic (exact) mass is 992 g/mol. The van der Waals surface area contributed by atoms with Crippen LogP contribution in [-0.4, -0.2) is 19.5 Å². The molecule has 9 aromatic carbocycles. The van der Waals surface area contributed by atoms with Gasteiger partial charge in [0.05, 0.1) is 46.1 Å². The van der Waals surface area contributed by atoms with E-state index in [0.717, 1.165) is 29.3 Å². The molecule has 11 aromatic rings. The fraction of sp³-hybridized carbons (Fsp3) is 0.0635. The molecule has 0 bridgehead atoms. The smallest absolute Gasteiger partial charge is 0.308 e. The van der Waals surface area contributed by atoms with Gasteiger partial charge in [0.2, 0.25) is 0 Å². The van der Waals surface area contributed by atoms with Crippen LogP contribution in [0, 0.1) is 31.8 Å². The molecule has 0 fully saturated rings. The van der Waals surface area contributed by atoms with Crippen molar-refractivity contribution in [3.05, 3.63) is 233 Å². The van der Waals surface area contributed by atoms with E-state index in [2.05, 4.69) is 10.9 Å². The summed E-state index contributed by atoms with van der Waals surface area (Å²) in [6.45, 7) is 11.3. The normalized spacial score (nSPS) is 11.7. The minimum atomic E-state index is -4.68. The summed E-state index contributed by atoms with van der Waals surface area (Å²) in [5.41, 5.74) is 7.72. The zero-order valence-electron chi connectivity index (χ0n) is 39.9. The quantitative estimate of drug-likeness (QED) is 0.112. The number of aryl methyl sites for hydroxylation is 2. The average Bonchev–Trinajstić information content (AvgIpc) is 3.76. The maximum Gasteiger partial charge on any atom is 0.417 e. The zero-order valence-corrected chi connectivity index (χ0v) is 39.9. The number of rotatable bonds is 8. The lowest BCUT2D eigenvalue weighted by atomic mass is 9.91. The number of halogens is 6. The van der Waals surface area contributed by atoms with Crippen molar-refractivity contribution in [3.63, 3.8) is 0 Å². The lowest BCUT2D eigenvalue weighted by molar-refractivity contribution is -0.138. The van der Waals surface area contributed by atoms with Crippen LogP contribution in [-0.2, 0) is 12.4 Å². The first-order valence-electron chi connectivity index (χ1n) is 23.6. The van der Waals surface area contributed by atoms with Crippen LogP contribution in [0.15, 0.2) is 194 Å². The predicted octanol–water partition coefficient (Wildman–Crippen LogP) is 17.7. The van der Waals surface area contributed by atoms with Crippen molar-refractivity contribution in [2.24, 2.45) is 0 Å². The fourth-order valence-electron chi connectivity index (χ4n) is 9.79. The molecule has 0 aliphatic heterocycles. The van der Waals surface area contributed by atoms with Crippen molar-refractivity contribution in [1.29, 1.82) is 5.26 Å². The maximum absolute atomic E-state index is 14.9. The Morgan fingerprint density at radius 3 is 1.53 bits per heavy atom. The van der Waals surface area contributed by atoms with E-state index < -0.39 is 23.5 Å². The third-order valence-corrected chi connectivity index (χ3v) is 13.3. The second kappa shape index (κ2) is 18.8. The molecule has 0 atom stereocenters. The number of hydrogen-bond donors (Lipinski definition) is 0. The Bertz CT molecular complexity index is 4010. The Morgan fingerprint density at radius 2 is 0.987 bits per heavy atom. The van der Waals surface area contributed by atoms with Crippen molar-refractivity contribution in [2.75, 3.05) is 0 Å². The molecule has 75 heavy (non-hydrogen) atoms. The van der Waals surface area contributed by atoms with Crippen LogP contribution < -0.4 is 0 Å². The predicted molar refractivity (Wildman–Crippen MR) is 283 cm³/mol. The standard InChI is InChI=1S/C63H38F6N6/c1-37-20-24-50(55(28-37)63(67,68)69)45-22-27-57-54(33-45)53-32-44(49-25-23-47(29-38(49)2)62(64,65)66)21-26-56(53)75(57)58-51(42-17-10-12-39(30-42)36-70)34-46(35-52(58)43-18-11-19-48(31-43)71-3)61-73-59(40-13-6-4-7-14-40)72-60(74-61)41-15-8-5-9-16-41/h4-35H,1-2H3. The van der Waals surface area contributed by atoms with Crippen molar-refractivity contribution in [2.45, 2.75) is 26.2 Å². The van der Waals surface area contributed by atoms with Crippen LogP contribution in [0.2, 0.25) is 0 Å². The summed E-state index contributed by atoms with van der Waals surface area (Å²) in [7, 11) is 0. The van der Waals surface area contributed by atoms with E-state index in [0.29, 0.717) is 112 Å². The first-order valence-corrected chi connectivity index (χ1v) is 23.6. The van der Waals surface area contributed by atoms with E-state index in [9.17, 15) is 31.6 Å². The number of nitrogens with zero attached hydrogens (tertiary/aromatic N) is 6. The Morgan fingerprint density at radius 1 is 0.467 bits per heavy atom. The number of aromatic nitrogens is 4.